The maximum absolute atomic E-state index is 12.2. The van der Waals surface area contributed by atoms with Crippen LogP contribution >= 0.6 is 51.0 Å². The fourth-order valence-electron chi connectivity index (χ4n) is 2.15. The van der Waals surface area contributed by atoms with E-state index in [-0.39, 0.29) is 24.4 Å². The number of rotatable bonds is 3. The van der Waals surface area contributed by atoms with E-state index in [0.29, 0.717) is 5.69 Å². The van der Waals surface area contributed by atoms with Crippen LogP contribution in [0, 0.1) is 0 Å². The molecule has 1 aliphatic rings. The van der Waals surface area contributed by atoms with E-state index in [0.717, 1.165) is 39.6 Å². The van der Waals surface area contributed by atoms with Gasteiger partial charge in [0.05, 0.1) is 8.66 Å². The molecule has 1 amide bonds. The largest absolute Gasteiger partial charge is 0.348 e. The number of hydrogen-bond acceptors (Lipinski definition) is 5. The first kappa shape index (κ1) is 16.9. The molecule has 1 aliphatic heterocycles. The zero-order valence-corrected chi connectivity index (χ0v) is 15.1. The van der Waals surface area contributed by atoms with Crippen LogP contribution in [-0.4, -0.2) is 30.0 Å². The Labute approximate surface area is 145 Å². The van der Waals surface area contributed by atoms with Crippen molar-refractivity contribution >= 4 is 56.9 Å². The predicted octanol–water partition coefficient (Wildman–Crippen LogP) is 3.54. The summed E-state index contributed by atoms with van der Waals surface area (Å²) in [4.78, 5) is 17.7. The Bertz CT molecular complexity index is 610. The molecule has 0 saturated carbocycles. The van der Waals surface area contributed by atoms with Crippen LogP contribution in [0.1, 0.15) is 23.3 Å². The van der Waals surface area contributed by atoms with E-state index in [4.69, 9.17) is 0 Å². The number of nitrogens with one attached hydrogen (secondary N) is 2. The summed E-state index contributed by atoms with van der Waals surface area (Å²) in [6.45, 7) is 1.94. The molecule has 2 aromatic rings. The number of thiophene rings is 1. The molecule has 2 aromatic heterocycles. The number of carbonyl (C=O) groups is 1. The Kier molecular flexibility index (Phi) is 6.19. The summed E-state index contributed by atoms with van der Waals surface area (Å²) >= 11 is 6.58. The van der Waals surface area contributed by atoms with Gasteiger partial charge in [0, 0.05) is 11.4 Å². The van der Waals surface area contributed by atoms with Crippen molar-refractivity contribution in [1.29, 1.82) is 0 Å². The van der Waals surface area contributed by atoms with E-state index in [1.807, 2.05) is 17.5 Å². The first-order valence-corrected chi connectivity index (χ1v) is 8.94. The molecule has 1 saturated heterocycles. The molecule has 0 bridgehead atoms. The predicted molar refractivity (Wildman–Crippen MR) is 93.7 cm³/mol. The number of amides is 1. The van der Waals surface area contributed by atoms with Crippen molar-refractivity contribution in [2.75, 3.05) is 13.1 Å². The summed E-state index contributed by atoms with van der Waals surface area (Å²) in [5.74, 6) is -0.0602. The second-order valence-electron chi connectivity index (χ2n) is 4.64. The van der Waals surface area contributed by atoms with Crippen molar-refractivity contribution in [3.63, 3.8) is 0 Å². The lowest BCUT2D eigenvalue weighted by Crippen LogP contribution is -2.42. The molecular weight excluding hydrogens is 394 g/mol. The van der Waals surface area contributed by atoms with Crippen molar-refractivity contribution in [3.8, 4) is 9.88 Å². The highest BCUT2D eigenvalue weighted by atomic mass is 79.9. The normalized spacial score (nSPS) is 15.5. The van der Waals surface area contributed by atoms with Crippen molar-refractivity contribution in [3.05, 3.63) is 27.0 Å². The first-order valence-electron chi connectivity index (χ1n) is 6.45. The number of halogens is 2. The maximum atomic E-state index is 12.2. The highest BCUT2D eigenvalue weighted by Gasteiger charge is 2.18. The first-order chi connectivity index (χ1) is 9.72. The van der Waals surface area contributed by atoms with Gasteiger partial charge in [-0.1, -0.05) is 0 Å². The van der Waals surface area contributed by atoms with Gasteiger partial charge in [0.1, 0.15) is 10.7 Å². The molecule has 0 spiro atoms. The van der Waals surface area contributed by atoms with Gasteiger partial charge < -0.3 is 10.6 Å². The Morgan fingerprint density at radius 1 is 1.38 bits per heavy atom. The van der Waals surface area contributed by atoms with Crippen LogP contribution in [0.25, 0.3) is 9.88 Å². The molecule has 0 aliphatic carbocycles. The number of carbonyl (C=O) groups excluding carboxylic acids is 1. The summed E-state index contributed by atoms with van der Waals surface area (Å²) in [5, 5.41) is 9.08. The van der Waals surface area contributed by atoms with Crippen LogP contribution in [-0.2, 0) is 0 Å². The fraction of sp³-hybridized carbons (Fsp3) is 0.385. The van der Waals surface area contributed by atoms with Crippen LogP contribution in [0.5, 0.6) is 0 Å². The third-order valence-electron chi connectivity index (χ3n) is 3.20. The minimum Gasteiger partial charge on any atom is -0.348 e. The van der Waals surface area contributed by atoms with Gasteiger partial charge in [0.25, 0.3) is 5.91 Å². The van der Waals surface area contributed by atoms with Crippen LogP contribution < -0.4 is 10.6 Å². The topological polar surface area (TPSA) is 54.0 Å². The maximum Gasteiger partial charge on any atom is 0.270 e. The Hall–Kier alpha value is -0.470. The average molecular weight is 409 g/mol. The smallest absolute Gasteiger partial charge is 0.270 e. The monoisotopic (exact) mass is 407 g/mol. The second kappa shape index (κ2) is 7.69. The molecule has 8 heteroatoms. The second-order valence-corrected chi connectivity index (χ2v) is 7.96. The highest BCUT2D eigenvalue weighted by Crippen LogP contribution is 2.33. The Morgan fingerprint density at radius 2 is 2.14 bits per heavy atom. The van der Waals surface area contributed by atoms with Crippen LogP contribution in [0.2, 0.25) is 0 Å². The van der Waals surface area contributed by atoms with Gasteiger partial charge >= 0.3 is 0 Å². The van der Waals surface area contributed by atoms with E-state index in [1.165, 1.54) is 11.3 Å². The van der Waals surface area contributed by atoms with E-state index < -0.39 is 0 Å². The molecule has 0 unspecified atom stereocenters. The molecule has 1 fully saturated rings. The molecule has 0 radical (unpaired) electrons. The highest BCUT2D eigenvalue weighted by molar-refractivity contribution is 9.11. The van der Waals surface area contributed by atoms with Gasteiger partial charge in [0.2, 0.25) is 0 Å². The van der Waals surface area contributed by atoms with Gasteiger partial charge in [-0.2, -0.15) is 0 Å². The average Bonchev–Trinajstić information content (AvgIpc) is 3.08. The summed E-state index contributed by atoms with van der Waals surface area (Å²) in [5.41, 5.74) is 0.521. The summed E-state index contributed by atoms with van der Waals surface area (Å²) in [6.07, 6.45) is 1.97. The molecule has 21 heavy (non-hydrogen) atoms. The number of nitrogens with zero attached hydrogens (tertiary/aromatic N) is 1. The van der Waals surface area contributed by atoms with E-state index in [1.54, 1.807) is 11.3 Å². The number of hydrogen-bond donors (Lipinski definition) is 2. The molecule has 114 valence electrons. The lowest BCUT2D eigenvalue weighted by molar-refractivity contribution is 0.0925. The van der Waals surface area contributed by atoms with Crippen molar-refractivity contribution < 1.29 is 4.79 Å². The Balaban J connectivity index is 0.00000161. The molecule has 2 N–H and O–H groups in total. The van der Waals surface area contributed by atoms with Crippen LogP contribution in [0.15, 0.2) is 21.3 Å². The molecule has 3 rings (SSSR count). The summed E-state index contributed by atoms with van der Waals surface area (Å²) in [6, 6.07) is 4.28. The van der Waals surface area contributed by atoms with E-state index >= 15 is 0 Å². The van der Waals surface area contributed by atoms with Gasteiger partial charge in [0.15, 0.2) is 0 Å². The van der Waals surface area contributed by atoms with Crippen molar-refractivity contribution in [2.45, 2.75) is 18.9 Å². The number of aromatic nitrogens is 1. The van der Waals surface area contributed by atoms with E-state index in [9.17, 15) is 4.79 Å². The van der Waals surface area contributed by atoms with Gasteiger partial charge in [-0.3, -0.25) is 4.79 Å². The summed E-state index contributed by atoms with van der Waals surface area (Å²) < 4.78 is 1.07. The lowest BCUT2D eigenvalue weighted by atomic mass is 10.1. The zero-order valence-electron chi connectivity index (χ0n) is 11.1. The summed E-state index contributed by atoms with van der Waals surface area (Å²) in [7, 11) is 0. The quantitative estimate of drug-likeness (QED) is 0.817. The fourth-order valence-corrected chi connectivity index (χ4v) is 4.40. The van der Waals surface area contributed by atoms with Crippen LogP contribution in [0.3, 0.4) is 0 Å². The standard InChI is InChI=1S/C13H14BrN3OS2.ClH/c14-11-2-1-10(20-11)13-17-9(7-19-13)12(18)16-8-3-5-15-6-4-8;/h1-2,7-8,15H,3-6H2,(H,16,18);1H. The minimum atomic E-state index is -0.0602. The van der Waals surface area contributed by atoms with E-state index in [2.05, 4.69) is 31.5 Å². The number of piperidine rings is 1. The molecule has 3 heterocycles. The SMILES string of the molecule is Cl.O=C(NC1CCNCC1)c1csc(-c2ccc(Br)s2)n1. The molecule has 0 aromatic carbocycles. The third-order valence-corrected chi connectivity index (χ3v) is 5.83. The Morgan fingerprint density at radius 3 is 2.81 bits per heavy atom. The van der Waals surface area contributed by atoms with Gasteiger partial charge in [-0.15, -0.1) is 35.1 Å². The van der Waals surface area contributed by atoms with Crippen molar-refractivity contribution in [1.82, 2.24) is 15.6 Å². The van der Waals surface area contributed by atoms with Crippen LogP contribution in [0.4, 0.5) is 0 Å². The zero-order chi connectivity index (χ0) is 13.9. The van der Waals surface area contributed by atoms with Gasteiger partial charge in [-0.25, -0.2) is 4.98 Å². The molecule has 4 nitrogen and oxygen atoms in total. The molecule has 0 atom stereocenters. The van der Waals surface area contributed by atoms with Gasteiger partial charge in [-0.05, 0) is 54.0 Å². The number of thiazole rings is 1. The third kappa shape index (κ3) is 4.26. The lowest BCUT2D eigenvalue weighted by Gasteiger charge is -2.23. The minimum absolute atomic E-state index is 0. The molecular formula is C13H15BrClN3OS2. The van der Waals surface area contributed by atoms with Crippen molar-refractivity contribution in [2.24, 2.45) is 0 Å².